The highest BCUT2D eigenvalue weighted by atomic mass is 35.5. The summed E-state index contributed by atoms with van der Waals surface area (Å²) in [5.41, 5.74) is 2.64. The van der Waals surface area contributed by atoms with E-state index < -0.39 is 0 Å². The van der Waals surface area contributed by atoms with Crippen LogP contribution in [0.3, 0.4) is 0 Å². The summed E-state index contributed by atoms with van der Waals surface area (Å²) >= 11 is 7.92. The van der Waals surface area contributed by atoms with Gasteiger partial charge < -0.3 is 5.32 Å². The highest BCUT2D eigenvalue weighted by Crippen LogP contribution is 2.38. The van der Waals surface area contributed by atoms with Crippen molar-refractivity contribution in [2.24, 2.45) is 11.8 Å². The highest BCUT2D eigenvalue weighted by Gasteiger charge is 2.39. The van der Waals surface area contributed by atoms with Crippen LogP contribution in [-0.2, 0) is 17.8 Å². The van der Waals surface area contributed by atoms with Crippen molar-refractivity contribution in [3.8, 4) is 0 Å². The predicted molar refractivity (Wildman–Crippen MR) is 103 cm³/mol. The van der Waals surface area contributed by atoms with Crippen molar-refractivity contribution in [2.45, 2.75) is 32.4 Å². The zero-order chi connectivity index (χ0) is 17.4. The first-order valence-corrected chi connectivity index (χ1v) is 10.2. The van der Waals surface area contributed by atoms with Gasteiger partial charge in [-0.2, -0.15) is 0 Å². The van der Waals surface area contributed by atoms with E-state index in [1.54, 1.807) is 0 Å². The monoisotopic (exact) mass is 374 g/mol. The maximum Gasteiger partial charge on any atom is 0.223 e. The Kier molecular flexibility index (Phi) is 4.85. The highest BCUT2D eigenvalue weighted by molar-refractivity contribution is 7.10. The first kappa shape index (κ1) is 17.1. The molecule has 0 saturated heterocycles. The third kappa shape index (κ3) is 3.76. The van der Waals surface area contributed by atoms with E-state index in [9.17, 15) is 4.79 Å². The first-order chi connectivity index (χ1) is 12.1. The average Bonchev–Trinajstić information content (AvgIpc) is 3.17. The molecular weight excluding hydrogens is 352 g/mol. The maximum absolute atomic E-state index is 12.3. The molecule has 3 nitrogen and oxygen atoms in total. The Morgan fingerprint density at radius 3 is 2.84 bits per heavy atom. The van der Waals surface area contributed by atoms with Gasteiger partial charge in [0.05, 0.1) is 6.04 Å². The van der Waals surface area contributed by atoms with E-state index in [-0.39, 0.29) is 17.9 Å². The van der Waals surface area contributed by atoms with E-state index in [0.717, 1.165) is 31.0 Å². The molecule has 1 N–H and O–H groups in total. The number of hydrogen-bond acceptors (Lipinski definition) is 3. The molecule has 2 aromatic rings. The van der Waals surface area contributed by atoms with Gasteiger partial charge in [-0.1, -0.05) is 30.7 Å². The topological polar surface area (TPSA) is 32.3 Å². The van der Waals surface area contributed by atoms with Crippen molar-refractivity contribution in [3.05, 3.63) is 56.7 Å². The fourth-order valence-electron chi connectivity index (χ4n) is 3.69. The van der Waals surface area contributed by atoms with Crippen molar-refractivity contribution in [1.29, 1.82) is 0 Å². The number of halogens is 1. The Labute approximate surface area is 158 Å². The van der Waals surface area contributed by atoms with Crippen molar-refractivity contribution in [3.63, 3.8) is 0 Å². The summed E-state index contributed by atoms with van der Waals surface area (Å²) in [6, 6.07) is 10.5. The van der Waals surface area contributed by atoms with E-state index in [1.807, 2.05) is 23.5 Å². The van der Waals surface area contributed by atoms with Crippen molar-refractivity contribution in [1.82, 2.24) is 10.2 Å². The molecule has 25 heavy (non-hydrogen) atoms. The summed E-state index contributed by atoms with van der Waals surface area (Å²) in [5.74, 6) is 0.965. The van der Waals surface area contributed by atoms with Crippen LogP contribution < -0.4 is 5.32 Å². The molecule has 132 valence electrons. The molecule has 1 aromatic heterocycles. The van der Waals surface area contributed by atoms with Crippen LogP contribution in [0.15, 0.2) is 35.7 Å². The maximum atomic E-state index is 12.3. The lowest BCUT2D eigenvalue weighted by atomic mass is 10.0. The molecular formula is C20H23ClN2OS. The van der Waals surface area contributed by atoms with Gasteiger partial charge in [0.1, 0.15) is 0 Å². The minimum atomic E-state index is 0.184. The number of carbonyl (C=O) groups is 1. The molecule has 3 unspecified atom stereocenters. The van der Waals surface area contributed by atoms with E-state index in [0.29, 0.717) is 12.5 Å². The zero-order valence-corrected chi connectivity index (χ0v) is 15.9. The van der Waals surface area contributed by atoms with E-state index in [4.69, 9.17) is 11.6 Å². The van der Waals surface area contributed by atoms with Crippen LogP contribution in [0.25, 0.3) is 0 Å². The number of nitrogens with one attached hydrogen (secondary N) is 1. The Balaban J connectivity index is 1.51. The quantitative estimate of drug-likeness (QED) is 0.847. The van der Waals surface area contributed by atoms with E-state index >= 15 is 0 Å². The lowest BCUT2D eigenvalue weighted by Gasteiger charge is -2.35. The lowest BCUT2D eigenvalue weighted by molar-refractivity contribution is -0.122. The molecule has 1 fully saturated rings. The fraction of sp³-hybridized carbons (Fsp3) is 0.450. The Morgan fingerprint density at radius 1 is 1.36 bits per heavy atom. The minimum absolute atomic E-state index is 0.184. The molecule has 0 bridgehead atoms. The van der Waals surface area contributed by atoms with E-state index in [1.165, 1.54) is 16.0 Å². The molecule has 1 saturated carbocycles. The molecule has 1 amide bonds. The van der Waals surface area contributed by atoms with Gasteiger partial charge in [0.25, 0.3) is 0 Å². The molecule has 5 heteroatoms. The molecule has 0 spiro atoms. The van der Waals surface area contributed by atoms with Crippen LogP contribution in [-0.4, -0.2) is 23.9 Å². The van der Waals surface area contributed by atoms with Crippen LogP contribution in [0.2, 0.25) is 5.02 Å². The summed E-state index contributed by atoms with van der Waals surface area (Å²) in [4.78, 5) is 16.3. The van der Waals surface area contributed by atoms with Crippen LogP contribution in [0.1, 0.15) is 35.4 Å². The number of nitrogens with zero attached hydrogens (tertiary/aromatic N) is 1. The van der Waals surface area contributed by atoms with Gasteiger partial charge in [-0.3, -0.25) is 9.69 Å². The molecule has 1 aliphatic heterocycles. The number of rotatable bonds is 5. The van der Waals surface area contributed by atoms with Crippen molar-refractivity contribution < 1.29 is 4.79 Å². The van der Waals surface area contributed by atoms with Crippen LogP contribution in [0.4, 0.5) is 0 Å². The van der Waals surface area contributed by atoms with Gasteiger partial charge in [-0.15, -0.1) is 11.3 Å². The van der Waals surface area contributed by atoms with Gasteiger partial charge in [-0.25, -0.2) is 0 Å². The lowest BCUT2D eigenvalue weighted by Crippen LogP contribution is -2.40. The summed E-state index contributed by atoms with van der Waals surface area (Å²) in [6.07, 6.45) is 2.12. The number of amides is 1. The van der Waals surface area contributed by atoms with Gasteiger partial charge in [0.2, 0.25) is 5.91 Å². The van der Waals surface area contributed by atoms with Crippen molar-refractivity contribution in [2.75, 3.05) is 13.1 Å². The minimum Gasteiger partial charge on any atom is -0.354 e. The third-order valence-electron chi connectivity index (χ3n) is 5.45. The van der Waals surface area contributed by atoms with Gasteiger partial charge >= 0.3 is 0 Å². The second-order valence-electron chi connectivity index (χ2n) is 7.22. The summed E-state index contributed by atoms with van der Waals surface area (Å²) < 4.78 is 0. The number of fused-ring (bicyclic) bond motifs is 1. The smallest absolute Gasteiger partial charge is 0.223 e. The van der Waals surface area contributed by atoms with Gasteiger partial charge in [0.15, 0.2) is 0 Å². The number of carbonyl (C=O) groups excluding carboxylic acids is 1. The first-order valence-electron chi connectivity index (χ1n) is 8.94. The SMILES string of the molecule is CC1CC1C(=O)NCC(c1ccc(Cl)cc1)N1CCc2sccc2C1. The van der Waals surface area contributed by atoms with Gasteiger partial charge in [0, 0.05) is 35.5 Å². The third-order valence-corrected chi connectivity index (χ3v) is 6.72. The van der Waals surface area contributed by atoms with Crippen molar-refractivity contribution >= 4 is 28.8 Å². The molecule has 4 rings (SSSR count). The Morgan fingerprint density at radius 2 is 2.12 bits per heavy atom. The Bertz CT molecular complexity index is 757. The molecule has 1 aliphatic carbocycles. The molecule has 2 heterocycles. The standard InChI is InChI=1S/C20H23ClN2OS/c1-13-10-17(13)20(24)22-11-18(14-2-4-16(21)5-3-14)23-8-6-19-15(12-23)7-9-25-19/h2-5,7,9,13,17-18H,6,8,10-12H2,1H3,(H,22,24). The number of hydrogen-bond donors (Lipinski definition) is 1. The number of thiophene rings is 1. The summed E-state index contributed by atoms with van der Waals surface area (Å²) in [7, 11) is 0. The van der Waals surface area contributed by atoms with Crippen LogP contribution in [0.5, 0.6) is 0 Å². The van der Waals surface area contributed by atoms with Crippen LogP contribution in [0, 0.1) is 11.8 Å². The largest absolute Gasteiger partial charge is 0.354 e. The molecule has 2 aliphatic rings. The summed E-state index contributed by atoms with van der Waals surface area (Å²) in [6.45, 7) is 4.77. The molecule has 0 radical (unpaired) electrons. The summed E-state index contributed by atoms with van der Waals surface area (Å²) in [5, 5.41) is 6.12. The zero-order valence-electron chi connectivity index (χ0n) is 14.4. The fourth-order valence-corrected chi connectivity index (χ4v) is 4.71. The molecule has 1 aromatic carbocycles. The molecule has 3 atom stereocenters. The second-order valence-corrected chi connectivity index (χ2v) is 8.66. The van der Waals surface area contributed by atoms with E-state index in [2.05, 4.69) is 40.7 Å². The van der Waals surface area contributed by atoms with Crippen LogP contribution >= 0.6 is 22.9 Å². The second kappa shape index (κ2) is 7.10. The average molecular weight is 375 g/mol. The normalized spacial score (nSPS) is 23.8. The predicted octanol–water partition coefficient (Wildman–Crippen LogP) is 4.27. The Hall–Kier alpha value is -1.36. The number of benzene rings is 1. The van der Waals surface area contributed by atoms with Gasteiger partial charge in [-0.05, 0) is 53.5 Å².